The summed E-state index contributed by atoms with van der Waals surface area (Å²) in [5.41, 5.74) is 0.795. The highest BCUT2D eigenvalue weighted by atomic mass is 16.4. The fourth-order valence-corrected chi connectivity index (χ4v) is 2.75. The molecule has 0 radical (unpaired) electrons. The average Bonchev–Trinajstić information content (AvgIpc) is 2.50. The van der Waals surface area contributed by atoms with Gasteiger partial charge in [0.1, 0.15) is 6.04 Å². The highest BCUT2D eigenvalue weighted by molar-refractivity contribution is 5.92. The van der Waals surface area contributed by atoms with Crippen molar-refractivity contribution in [3.8, 4) is 0 Å². The number of aliphatic carboxylic acids is 1. The zero-order valence-electron chi connectivity index (χ0n) is 12.9. The predicted octanol–water partition coefficient (Wildman–Crippen LogP) is 1.11. The predicted molar refractivity (Wildman–Crippen MR) is 84.8 cm³/mol. The number of carboxylic acid groups (broad SMARTS) is 1. The number of para-hydroxylation sites is 1. The van der Waals surface area contributed by atoms with Gasteiger partial charge in [0.25, 0.3) is 0 Å². The third kappa shape index (κ3) is 4.54. The smallest absolute Gasteiger partial charge is 0.320 e. The maximum absolute atomic E-state index is 12.0. The lowest BCUT2D eigenvalue weighted by atomic mass is 10.1. The topological polar surface area (TPSA) is 72.9 Å². The van der Waals surface area contributed by atoms with Crippen molar-refractivity contribution in [1.82, 2.24) is 9.80 Å². The molecular weight excluding hydrogens is 282 g/mol. The quantitative estimate of drug-likeness (QED) is 0.823. The highest BCUT2D eigenvalue weighted by Crippen LogP contribution is 2.10. The standard InChI is InChI=1S/C16H23N3O3/c1-2-14(16(21)22)19-10-8-18(9-11-19)12-15(20)17-13-6-4-3-5-7-13/h3-7,14H,2,8-12H2,1H3,(H,17,20)(H,21,22). The Morgan fingerprint density at radius 3 is 2.36 bits per heavy atom. The van der Waals surface area contributed by atoms with Crippen LogP contribution >= 0.6 is 0 Å². The van der Waals surface area contributed by atoms with Crippen LogP contribution < -0.4 is 5.32 Å². The summed E-state index contributed by atoms with van der Waals surface area (Å²) in [5.74, 6) is -0.803. The van der Waals surface area contributed by atoms with Crippen molar-refractivity contribution in [3.05, 3.63) is 30.3 Å². The molecule has 6 nitrogen and oxygen atoms in total. The summed E-state index contributed by atoms with van der Waals surface area (Å²) in [6, 6.07) is 8.96. The largest absolute Gasteiger partial charge is 0.480 e. The van der Waals surface area contributed by atoms with Gasteiger partial charge >= 0.3 is 5.97 Å². The lowest BCUT2D eigenvalue weighted by Gasteiger charge is -2.37. The lowest BCUT2D eigenvalue weighted by Crippen LogP contribution is -2.53. The van der Waals surface area contributed by atoms with Crippen molar-refractivity contribution in [3.63, 3.8) is 0 Å². The minimum absolute atomic E-state index is 0.0371. The van der Waals surface area contributed by atoms with E-state index in [1.165, 1.54) is 0 Å². The zero-order valence-corrected chi connectivity index (χ0v) is 12.9. The average molecular weight is 305 g/mol. The van der Waals surface area contributed by atoms with Crippen molar-refractivity contribution in [2.45, 2.75) is 19.4 Å². The first-order valence-electron chi connectivity index (χ1n) is 7.64. The molecule has 1 aromatic rings. The Kier molecular flexibility index (Phi) is 5.91. The number of carbonyl (C=O) groups is 2. The zero-order chi connectivity index (χ0) is 15.9. The molecule has 1 heterocycles. The van der Waals surface area contributed by atoms with Crippen LogP contribution in [0.1, 0.15) is 13.3 Å². The minimum Gasteiger partial charge on any atom is -0.480 e. The van der Waals surface area contributed by atoms with Gasteiger partial charge in [-0.05, 0) is 18.6 Å². The van der Waals surface area contributed by atoms with Crippen molar-refractivity contribution in [2.24, 2.45) is 0 Å². The number of hydrogen-bond donors (Lipinski definition) is 2. The van der Waals surface area contributed by atoms with Crippen LogP contribution in [-0.2, 0) is 9.59 Å². The molecular formula is C16H23N3O3. The number of piperazine rings is 1. The molecule has 0 bridgehead atoms. The first-order chi connectivity index (χ1) is 10.6. The number of benzene rings is 1. The number of carbonyl (C=O) groups excluding carboxylic acids is 1. The Labute approximate surface area is 130 Å². The van der Waals surface area contributed by atoms with E-state index in [0.29, 0.717) is 39.1 Å². The van der Waals surface area contributed by atoms with Gasteiger partial charge in [-0.2, -0.15) is 0 Å². The molecule has 2 N–H and O–H groups in total. The summed E-state index contributed by atoms with van der Waals surface area (Å²) in [6.07, 6.45) is 0.601. The molecule has 1 aliphatic rings. The van der Waals surface area contributed by atoms with Crippen LogP contribution in [0.15, 0.2) is 30.3 Å². The Hall–Kier alpha value is -1.92. The van der Waals surface area contributed by atoms with E-state index >= 15 is 0 Å². The van der Waals surface area contributed by atoms with E-state index in [4.69, 9.17) is 0 Å². The van der Waals surface area contributed by atoms with Gasteiger partial charge in [-0.25, -0.2) is 0 Å². The molecule has 0 aromatic heterocycles. The normalized spacial score (nSPS) is 17.9. The van der Waals surface area contributed by atoms with Crippen molar-refractivity contribution in [1.29, 1.82) is 0 Å². The summed E-state index contributed by atoms with van der Waals surface area (Å²) < 4.78 is 0. The van der Waals surface area contributed by atoms with E-state index in [1.807, 2.05) is 42.2 Å². The molecule has 1 fully saturated rings. The van der Waals surface area contributed by atoms with Crippen molar-refractivity contribution < 1.29 is 14.7 Å². The van der Waals surface area contributed by atoms with Gasteiger partial charge in [0.2, 0.25) is 5.91 Å². The van der Waals surface area contributed by atoms with Gasteiger partial charge in [-0.15, -0.1) is 0 Å². The fraction of sp³-hybridized carbons (Fsp3) is 0.500. The number of nitrogens with one attached hydrogen (secondary N) is 1. The first kappa shape index (κ1) is 16.5. The summed E-state index contributed by atoms with van der Waals surface area (Å²) in [7, 11) is 0. The fourth-order valence-electron chi connectivity index (χ4n) is 2.75. The SMILES string of the molecule is CCC(C(=O)O)N1CCN(CC(=O)Nc2ccccc2)CC1. The first-order valence-corrected chi connectivity index (χ1v) is 7.64. The van der Waals surface area contributed by atoms with Gasteiger partial charge < -0.3 is 10.4 Å². The summed E-state index contributed by atoms with van der Waals surface area (Å²) >= 11 is 0. The molecule has 22 heavy (non-hydrogen) atoms. The van der Waals surface area contributed by atoms with Gasteiger partial charge in [0.15, 0.2) is 0 Å². The Morgan fingerprint density at radius 1 is 1.18 bits per heavy atom. The third-order valence-electron chi connectivity index (χ3n) is 3.94. The molecule has 120 valence electrons. The lowest BCUT2D eigenvalue weighted by molar-refractivity contribution is -0.144. The number of rotatable bonds is 6. The molecule has 1 unspecified atom stereocenters. The number of hydrogen-bond acceptors (Lipinski definition) is 4. The van der Waals surface area contributed by atoms with Gasteiger partial charge in [0.05, 0.1) is 6.54 Å². The van der Waals surface area contributed by atoms with Crippen LogP contribution in [0.5, 0.6) is 0 Å². The summed E-state index contributed by atoms with van der Waals surface area (Å²) in [5, 5.41) is 12.0. The van der Waals surface area contributed by atoms with Crippen LogP contribution in [0, 0.1) is 0 Å². The van der Waals surface area contributed by atoms with Crippen LogP contribution in [0.4, 0.5) is 5.69 Å². The molecule has 1 aliphatic heterocycles. The van der Waals surface area contributed by atoms with E-state index in [2.05, 4.69) is 10.2 Å². The van der Waals surface area contributed by atoms with E-state index in [0.717, 1.165) is 5.69 Å². The highest BCUT2D eigenvalue weighted by Gasteiger charge is 2.27. The van der Waals surface area contributed by atoms with Crippen LogP contribution in [0.3, 0.4) is 0 Å². The van der Waals surface area contributed by atoms with E-state index in [-0.39, 0.29) is 5.91 Å². The third-order valence-corrected chi connectivity index (χ3v) is 3.94. The van der Waals surface area contributed by atoms with Crippen molar-refractivity contribution >= 4 is 17.6 Å². The number of anilines is 1. The van der Waals surface area contributed by atoms with Gasteiger partial charge in [-0.1, -0.05) is 25.1 Å². The molecule has 2 rings (SSSR count). The Balaban J connectivity index is 1.77. The molecule has 1 saturated heterocycles. The summed E-state index contributed by atoms with van der Waals surface area (Å²) in [4.78, 5) is 27.2. The number of carboxylic acids is 1. The maximum Gasteiger partial charge on any atom is 0.320 e. The molecule has 1 atom stereocenters. The maximum atomic E-state index is 12.0. The van der Waals surface area contributed by atoms with E-state index < -0.39 is 12.0 Å². The number of amides is 1. The summed E-state index contributed by atoms with van der Waals surface area (Å²) in [6.45, 7) is 5.02. The number of nitrogens with zero attached hydrogens (tertiary/aromatic N) is 2. The molecule has 0 saturated carbocycles. The Morgan fingerprint density at radius 2 is 1.82 bits per heavy atom. The molecule has 1 amide bonds. The van der Waals surface area contributed by atoms with Gasteiger partial charge in [0, 0.05) is 31.9 Å². The second-order valence-corrected chi connectivity index (χ2v) is 5.49. The van der Waals surface area contributed by atoms with Gasteiger partial charge in [-0.3, -0.25) is 19.4 Å². The molecule has 0 aliphatic carbocycles. The van der Waals surface area contributed by atoms with Crippen LogP contribution in [0.25, 0.3) is 0 Å². The monoisotopic (exact) mass is 305 g/mol. The van der Waals surface area contributed by atoms with E-state index in [1.54, 1.807) is 0 Å². The van der Waals surface area contributed by atoms with E-state index in [9.17, 15) is 14.7 Å². The second-order valence-electron chi connectivity index (χ2n) is 5.49. The minimum atomic E-state index is -0.766. The van der Waals surface area contributed by atoms with Crippen molar-refractivity contribution in [2.75, 3.05) is 38.0 Å². The molecule has 1 aromatic carbocycles. The van der Waals surface area contributed by atoms with Crippen LogP contribution in [-0.4, -0.2) is 65.5 Å². The molecule has 6 heteroatoms. The van der Waals surface area contributed by atoms with Crippen LogP contribution in [0.2, 0.25) is 0 Å². The second kappa shape index (κ2) is 7.91. The molecule has 0 spiro atoms. The Bertz CT molecular complexity index is 499.